The highest BCUT2D eigenvalue weighted by Gasteiger charge is 2.28. The zero-order valence-electron chi connectivity index (χ0n) is 17.2. The standard InChI is InChI=1S/C21H34N4OS/c1-17-14-24(8-10-26-17)15-19-7-5-6-18(12-19)13-23-20(22-4)25-9-11-27-21(2,3)16-25/h5-7,12,17H,8-11,13-16H2,1-4H3,(H,22,23). The van der Waals surface area contributed by atoms with Crippen molar-refractivity contribution in [2.75, 3.05) is 45.6 Å². The number of rotatable bonds is 4. The van der Waals surface area contributed by atoms with Gasteiger partial charge in [-0.3, -0.25) is 9.89 Å². The number of hydrogen-bond acceptors (Lipinski definition) is 4. The monoisotopic (exact) mass is 390 g/mol. The fourth-order valence-corrected chi connectivity index (χ4v) is 4.95. The van der Waals surface area contributed by atoms with Crippen LogP contribution < -0.4 is 5.32 Å². The smallest absolute Gasteiger partial charge is 0.193 e. The van der Waals surface area contributed by atoms with Crippen LogP contribution in [0.3, 0.4) is 0 Å². The lowest BCUT2D eigenvalue weighted by molar-refractivity contribution is -0.0212. The van der Waals surface area contributed by atoms with Gasteiger partial charge in [-0.1, -0.05) is 24.3 Å². The molecule has 1 unspecified atom stereocenters. The van der Waals surface area contributed by atoms with Crippen molar-refractivity contribution in [1.29, 1.82) is 0 Å². The van der Waals surface area contributed by atoms with Crippen molar-refractivity contribution in [3.8, 4) is 0 Å². The van der Waals surface area contributed by atoms with Crippen LogP contribution in [0, 0.1) is 0 Å². The second-order valence-corrected chi connectivity index (χ2v) is 9.97. The van der Waals surface area contributed by atoms with Gasteiger partial charge in [-0.25, -0.2) is 0 Å². The summed E-state index contributed by atoms with van der Waals surface area (Å²) in [6.45, 7) is 13.5. The van der Waals surface area contributed by atoms with Crippen LogP contribution in [0.4, 0.5) is 0 Å². The summed E-state index contributed by atoms with van der Waals surface area (Å²) in [6, 6.07) is 8.90. The largest absolute Gasteiger partial charge is 0.376 e. The second-order valence-electron chi connectivity index (χ2n) is 8.17. The number of morpholine rings is 1. The maximum absolute atomic E-state index is 5.65. The fraction of sp³-hybridized carbons (Fsp3) is 0.667. The molecule has 0 aliphatic carbocycles. The highest BCUT2D eigenvalue weighted by Crippen LogP contribution is 2.29. The predicted molar refractivity (Wildman–Crippen MR) is 115 cm³/mol. The molecular formula is C21H34N4OS. The number of benzene rings is 1. The molecule has 5 nitrogen and oxygen atoms in total. The number of aliphatic imine (C=N–C) groups is 1. The Morgan fingerprint density at radius 3 is 2.89 bits per heavy atom. The molecule has 27 heavy (non-hydrogen) atoms. The zero-order valence-corrected chi connectivity index (χ0v) is 18.0. The van der Waals surface area contributed by atoms with E-state index >= 15 is 0 Å². The zero-order chi connectivity index (χ0) is 19.3. The summed E-state index contributed by atoms with van der Waals surface area (Å²) < 4.78 is 5.93. The molecule has 1 atom stereocenters. The normalized spacial score (nSPS) is 24.1. The molecule has 0 saturated carbocycles. The number of ether oxygens (including phenoxy) is 1. The van der Waals surface area contributed by atoms with Gasteiger partial charge in [0.05, 0.1) is 12.7 Å². The van der Waals surface area contributed by atoms with E-state index in [0.717, 1.165) is 57.6 Å². The fourth-order valence-electron chi connectivity index (χ4n) is 3.84. The molecule has 2 saturated heterocycles. The first-order valence-corrected chi connectivity index (χ1v) is 10.9. The van der Waals surface area contributed by atoms with Crippen molar-refractivity contribution in [1.82, 2.24) is 15.1 Å². The van der Waals surface area contributed by atoms with Gasteiger partial charge in [-0.15, -0.1) is 0 Å². The minimum atomic E-state index is 0.283. The molecule has 0 radical (unpaired) electrons. The summed E-state index contributed by atoms with van der Waals surface area (Å²) in [6.07, 6.45) is 0.332. The topological polar surface area (TPSA) is 40.1 Å². The van der Waals surface area contributed by atoms with Gasteiger partial charge in [-0.2, -0.15) is 11.8 Å². The maximum Gasteiger partial charge on any atom is 0.193 e. The minimum absolute atomic E-state index is 0.283. The van der Waals surface area contributed by atoms with E-state index in [0.29, 0.717) is 6.10 Å². The third-order valence-corrected chi connectivity index (χ3v) is 6.41. The molecule has 150 valence electrons. The molecule has 0 bridgehead atoms. The predicted octanol–water partition coefficient (Wildman–Crippen LogP) is 2.81. The van der Waals surface area contributed by atoms with E-state index in [9.17, 15) is 0 Å². The van der Waals surface area contributed by atoms with Gasteiger partial charge in [0.25, 0.3) is 0 Å². The van der Waals surface area contributed by atoms with Crippen molar-refractivity contribution >= 4 is 17.7 Å². The van der Waals surface area contributed by atoms with Gasteiger partial charge in [0.2, 0.25) is 0 Å². The molecule has 2 heterocycles. The van der Waals surface area contributed by atoms with Crippen molar-refractivity contribution in [3.05, 3.63) is 35.4 Å². The summed E-state index contributed by atoms with van der Waals surface area (Å²) in [5.41, 5.74) is 2.68. The van der Waals surface area contributed by atoms with Crippen LogP contribution in [0.1, 0.15) is 31.9 Å². The average molecular weight is 391 g/mol. The Balaban J connectivity index is 1.55. The molecule has 0 spiro atoms. The van der Waals surface area contributed by atoms with Crippen LogP contribution >= 0.6 is 11.8 Å². The Morgan fingerprint density at radius 1 is 1.33 bits per heavy atom. The Kier molecular flexibility index (Phi) is 7.06. The average Bonchev–Trinajstić information content (AvgIpc) is 2.62. The van der Waals surface area contributed by atoms with E-state index in [4.69, 9.17) is 4.74 Å². The van der Waals surface area contributed by atoms with E-state index in [2.05, 4.69) is 65.1 Å². The van der Waals surface area contributed by atoms with Gasteiger partial charge < -0.3 is 15.0 Å². The second kappa shape index (κ2) is 9.30. The van der Waals surface area contributed by atoms with Gasteiger partial charge >= 0.3 is 0 Å². The first kappa shape index (κ1) is 20.5. The van der Waals surface area contributed by atoms with Crippen molar-refractivity contribution in [3.63, 3.8) is 0 Å². The van der Waals surface area contributed by atoms with Gasteiger partial charge in [-0.05, 0) is 31.9 Å². The van der Waals surface area contributed by atoms with Gasteiger partial charge in [0, 0.05) is 56.8 Å². The van der Waals surface area contributed by atoms with Crippen LogP contribution in [-0.2, 0) is 17.8 Å². The third-order valence-electron chi connectivity index (χ3n) is 5.11. The van der Waals surface area contributed by atoms with Crippen LogP contribution in [0.15, 0.2) is 29.3 Å². The summed E-state index contributed by atoms with van der Waals surface area (Å²) >= 11 is 2.05. The lowest BCUT2D eigenvalue weighted by Gasteiger charge is -2.39. The quantitative estimate of drug-likeness (QED) is 0.632. The van der Waals surface area contributed by atoms with E-state index < -0.39 is 0 Å². The van der Waals surface area contributed by atoms with E-state index in [-0.39, 0.29) is 4.75 Å². The molecule has 0 aromatic heterocycles. The summed E-state index contributed by atoms with van der Waals surface area (Å²) in [7, 11) is 1.88. The molecule has 1 aromatic rings. The molecule has 2 aliphatic rings. The molecular weight excluding hydrogens is 356 g/mol. The molecule has 2 fully saturated rings. The Bertz CT molecular complexity index is 649. The van der Waals surface area contributed by atoms with Crippen LogP contribution in [0.2, 0.25) is 0 Å². The number of nitrogens with zero attached hydrogens (tertiary/aromatic N) is 3. The van der Waals surface area contributed by atoms with Crippen molar-refractivity contribution < 1.29 is 4.74 Å². The van der Waals surface area contributed by atoms with E-state index in [1.807, 2.05) is 18.8 Å². The minimum Gasteiger partial charge on any atom is -0.376 e. The van der Waals surface area contributed by atoms with E-state index in [1.54, 1.807) is 0 Å². The molecule has 1 aromatic carbocycles. The lowest BCUT2D eigenvalue weighted by atomic mass is 10.1. The number of hydrogen-bond donors (Lipinski definition) is 1. The number of nitrogens with one attached hydrogen (secondary N) is 1. The van der Waals surface area contributed by atoms with Gasteiger partial charge in [0.1, 0.15) is 0 Å². The number of guanidine groups is 1. The highest BCUT2D eigenvalue weighted by atomic mass is 32.2. The molecule has 3 rings (SSSR count). The van der Waals surface area contributed by atoms with E-state index in [1.165, 1.54) is 11.1 Å². The SMILES string of the molecule is CN=C(NCc1cccc(CN2CCOC(C)C2)c1)N1CCSC(C)(C)C1. The Morgan fingerprint density at radius 2 is 2.15 bits per heavy atom. The molecule has 1 N–H and O–H groups in total. The Hall–Kier alpha value is -1.24. The molecule has 2 aliphatic heterocycles. The first-order chi connectivity index (χ1) is 12.9. The van der Waals surface area contributed by atoms with Crippen molar-refractivity contribution in [2.24, 2.45) is 4.99 Å². The first-order valence-electron chi connectivity index (χ1n) is 9.96. The Labute approximate surface area is 168 Å². The van der Waals surface area contributed by atoms with Crippen LogP contribution in [-0.4, -0.2) is 72.2 Å². The van der Waals surface area contributed by atoms with Crippen LogP contribution in [0.5, 0.6) is 0 Å². The van der Waals surface area contributed by atoms with Crippen LogP contribution in [0.25, 0.3) is 0 Å². The number of thioether (sulfide) groups is 1. The highest BCUT2D eigenvalue weighted by molar-refractivity contribution is 8.00. The van der Waals surface area contributed by atoms with Gasteiger partial charge in [0.15, 0.2) is 5.96 Å². The van der Waals surface area contributed by atoms with Crippen molar-refractivity contribution in [2.45, 2.75) is 44.7 Å². The molecule has 0 amide bonds. The third kappa shape index (κ3) is 6.13. The maximum atomic E-state index is 5.65. The molecule has 6 heteroatoms. The summed E-state index contributed by atoms with van der Waals surface area (Å²) in [5, 5.41) is 3.56. The lowest BCUT2D eigenvalue weighted by Crippen LogP contribution is -2.50. The summed E-state index contributed by atoms with van der Waals surface area (Å²) in [5.74, 6) is 2.16. The summed E-state index contributed by atoms with van der Waals surface area (Å²) in [4.78, 5) is 9.38.